The SMILES string of the molecule is Cc1ccc(NC(=O)C2CC2)c(C)c1. The molecule has 0 aliphatic heterocycles. The molecule has 74 valence electrons. The fraction of sp³-hybridized carbons (Fsp3) is 0.417. The van der Waals surface area contributed by atoms with Crippen LogP contribution in [0.15, 0.2) is 18.2 Å². The van der Waals surface area contributed by atoms with Gasteiger partial charge in [-0.1, -0.05) is 17.7 Å². The van der Waals surface area contributed by atoms with E-state index < -0.39 is 0 Å². The molecule has 1 aliphatic rings. The summed E-state index contributed by atoms with van der Waals surface area (Å²) in [7, 11) is 0. The minimum atomic E-state index is 0.178. The number of carbonyl (C=O) groups excluding carboxylic acids is 1. The van der Waals surface area contributed by atoms with E-state index in [4.69, 9.17) is 0 Å². The Morgan fingerprint density at radius 3 is 2.64 bits per heavy atom. The van der Waals surface area contributed by atoms with Gasteiger partial charge in [0, 0.05) is 11.6 Å². The van der Waals surface area contributed by atoms with Gasteiger partial charge in [-0.05, 0) is 38.3 Å². The third-order valence-corrected chi connectivity index (χ3v) is 2.59. The summed E-state index contributed by atoms with van der Waals surface area (Å²) in [5.41, 5.74) is 3.32. The largest absolute Gasteiger partial charge is 0.326 e. The average Bonchev–Trinajstić information content (AvgIpc) is 2.92. The highest BCUT2D eigenvalue weighted by Crippen LogP contribution is 2.30. The van der Waals surface area contributed by atoms with Gasteiger partial charge in [0.25, 0.3) is 0 Å². The van der Waals surface area contributed by atoms with Gasteiger partial charge in [0.05, 0.1) is 0 Å². The number of carbonyl (C=O) groups is 1. The van der Waals surface area contributed by atoms with Gasteiger partial charge in [-0.3, -0.25) is 4.79 Å². The molecule has 1 aliphatic carbocycles. The van der Waals surface area contributed by atoms with Crippen LogP contribution in [-0.2, 0) is 4.79 Å². The van der Waals surface area contributed by atoms with E-state index in [0.29, 0.717) is 0 Å². The molecule has 14 heavy (non-hydrogen) atoms. The minimum absolute atomic E-state index is 0.178. The monoisotopic (exact) mass is 189 g/mol. The summed E-state index contributed by atoms with van der Waals surface area (Å²) in [5.74, 6) is 0.452. The molecule has 1 aromatic rings. The number of aryl methyl sites for hydroxylation is 2. The van der Waals surface area contributed by atoms with Crippen molar-refractivity contribution in [3.63, 3.8) is 0 Å². The highest BCUT2D eigenvalue weighted by Gasteiger charge is 2.29. The molecule has 1 aromatic carbocycles. The molecule has 1 N–H and O–H groups in total. The summed E-state index contributed by atoms with van der Waals surface area (Å²) in [4.78, 5) is 11.5. The lowest BCUT2D eigenvalue weighted by Crippen LogP contribution is -2.14. The van der Waals surface area contributed by atoms with E-state index in [1.165, 1.54) is 5.56 Å². The highest BCUT2D eigenvalue weighted by atomic mass is 16.2. The molecule has 0 bridgehead atoms. The van der Waals surface area contributed by atoms with Crippen LogP contribution < -0.4 is 5.32 Å². The first-order chi connectivity index (χ1) is 6.66. The van der Waals surface area contributed by atoms with Crippen molar-refractivity contribution in [3.8, 4) is 0 Å². The van der Waals surface area contributed by atoms with Crippen molar-refractivity contribution in [2.24, 2.45) is 5.92 Å². The Balaban J connectivity index is 2.11. The molecule has 2 heteroatoms. The summed E-state index contributed by atoms with van der Waals surface area (Å²) in [5, 5.41) is 2.96. The maximum Gasteiger partial charge on any atom is 0.227 e. The Hall–Kier alpha value is -1.31. The number of benzene rings is 1. The van der Waals surface area contributed by atoms with E-state index in [-0.39, 0.29) is 11.8 Å². The van der Waals surface area contributed by atoms with Crippen LogP contribution in [0.1, 0.15) is 24.0 Å². The molecule has 2 nitrogen and oxygen atoms in total. The molecule has 0 radical (unpaired) electrons. The molecular formula is C12H15NO. The van der Waals surface area contributed by atoms with Crippen molar-refractivity contribution in [2.75, 3.05) is 5.32 Å². The van der Waals surface area contributed by atoms with Gasteiger partial charge in [-0.15, -0.1) is 0 Å². The Morgan fingerprint density at radius 1 is 1.36 bits per heavy atom. The zero-order valence-corrected chi connectivity index (χ0v) is 8.63. The van der Waals surface area contributed by atoms with Crippen LogP contribution in [-0.4, -0.2) is 5.91 Å². The van der Waals surface area contributed by atoms with Gasteiger partial charge in [0.15, 0.2) is 0 Å². The molecule has 0 heterocycles. The second-order valence-corrected chi connectivity index (χ2v) is 4.08. The Labute approximate surface area is 84.3 Å². The predicted octanol–water partition coefficient (Wildman–Crippen LogP) is 2.65. The first kappa shape index (κ1) is 9.25. The fourth-order valence-corrected chi connectivity index (χ4v) is 1.53. The van der Waals surface area contributed by atoms with Crippen LogP contribution in [0.4, 0.5) is 5.69 Å². The van der Waals surface area contributed by atoms with Crippen LogP contribution >= 0.6 is 0 Å². The second kappa shape index (κ2) is 3.45. The van der Waals surface area contributed by atoms with Crippen molar-refractivity contribution >= 4 is 11.6 Å². The lowest BCUT2D eigenvalue weighted by atomic mass is 10.1. The standard InChI is InChI=1S/C12H15NO/c1-8-3-6-11(9(2)7-8)13-12(14)10-4-5-10/h3,6-7,10H,4-5H2,1-2H3,(H,13,14). The number of nitrogens with one attached hydrogen (secondary N) is 1. The van der Waals surface area contributed by atoms with Crippen LogP contribution in [0.25, 0.3) is 0 Å². The number of anilines is 1. The lowest BCUT2D eigenvalue weighted by molar-refractivity contribution is -0.117. The van der Waals surface area contributed by atoms with Gasteiger partial charge in [-0.25, -0.2) is 0 Å². The molecular weight excluding hydrogens is 174 g/mol. The summed E-state index contributed by atoms with van der Waals surface area (Å²) in [6.45, 7) is 4.08. The zero-order valence-electron chi connectivity index (χ0n) is 8.63. The second-order valence-electron chi connectivity index (χ2n) is 4.08. The van der Waals surface area contributed by atoms with Gasteiger partial charge in [-0.2, -0.15) is 0 Å². The van der Waals surface area contributed by atoms with Crippen LogP contribution in [0.2, 0.25) is 0 Å². The van der Waals surface area contributed by atoms with Crippen molar-refractivity contribution < 1.29 is 4.79 Å². The van der Waals surface area contributed by atoms with Crippen molar-refractivity contribution in [3.05, 3.63) is 29.3 Å². The van der Waals surface area contributed by atoms with Crippen LogP contribution in [0, 0.1) is 19.8 Å². The molecule has 1 amide bonds. The Bertz CT molecular complexity index is 367. The van der Waals surface area contributed by atoms with Crippen LogP contribution in [0.3, 0.4) is 0 Å². The number of hydrogen-bond acceptors (Lipinski definition) is 1. The maximum atomic E-state index is 11.5. The third-order valence-electron chi connectivity index (χ3n) is 2.59. The van der Waals surface area contributed by atoms with Crippen molar-refractivity contribution in [1.82, 2.24) is 0 Å². The first-order valence-electron chi connectivity index (χ1n) is 5.05. The third kappa shape index (κ3) is 1.95. The van der Waals surface area contributed by atoms with E-state index in [0.717, 1.165) is 24.1 Å². The van der Waals surface area contributed by atoms with Gasteiger partial charge >= 0.3 is 0 Å². The van der Waals surface area contributed by atoms with Crippen molar-refractivity contribution in [2.45, 2.75) is 26.7 Å². The molecule has 0 aromatic heterocycles. The predicted molar refractivity (Wildman–Crippen MR) is 57.3 cm³/mol. The molecule has 0 atom stereocenters. The maximum absolute atomic E-state index is 11.5. The smallest absolute Gasteiger partial charge is 0.227 e. The normalized spacial score (nSPS) is 15.3. The van der Waals surface area contributed by atoms with E-state index in [2.05, 4.69) is 18.3 Å². The average molecular weight is 189 g/mol. The topological polar surface area (TPSA) is 29.1 Å². The van der Waals surface area contributed by atoms with Crippen LogP contribution in [0.5, 0.6) is 0 Å². The van der Waals surface area contributed by atoms with E-state index in [9.17, 15) is 4.79 Å². The Morgan fingerprint density at radius 2 is 2.07 bits per heavy atom. The molecule has 0 unspecified atom stereocenters. The quantitative estimate of drug-likeness (QED) is 0.761. The lowest BCUT2D eigenvalue weighted by Gasteiger charge is -2.08. The van der Waals surface area contributed by atoms with E-state index in [1.807, 2.05) is 19.1 Å². The number of rotatable bonds is 2. The number of hydrogen-bond donors (Lipinski definition) is 1. The fourth-order valence-electron chi connectivity index (χ4n) is 1.53. The zero-order chi connectivity index (χ0) is 10.1. The first-order valence-corrected chi connectivity index (χ1v) is 5.05. The molecule has 1 fully saturated rings. The highest BCUT2D eigenvalue weighted by molar-refractivity contribution is 5.94. The van der Waals surface area contributed by atoms with E-state index >= 15 is 0 Å². The molecule has 0 spiro atoms. The summed E-state index contributed by atoms with van der Waals surface area (Å²) < 4.78 is 0. The summed E-state index contributed by atoms with van der Waals surface area (Å²) >= 11 is 0. The molecule has 0 saturated heterocycles. The molecule has 1 saturated carbocycles. The van der Waals surface area contributed by atoms with Gasteiger partial charge in [0.1, 0.15) is 0 Å². The van der Waals surface area contributed by atoms with E-state index in [1.54, 1.807) is 0 Å². The van der Waals surface area contributed by atoms with Gasteiger partial charge in [0.2, 0.25) is 5.91 Å². The number of amides is 1. The Kier molecular flexibility index (Phi) is 2.28. The van der Waals surface area contributed by atoms with Gasteiger partial charge < -0.3 is 5.32 Å². The molecule has 2 rings (SSSR count). The summed E-state index contributed by atoms with van der Waals surface area (Å²) in [6, 6.07) is 6.09. The summed E-state index contributed by atoms with van der Waals surface area (Å²) in [6.07, 6.45) is 2.10. The minimum Gasteiger partial charge on any atom is -0.326 e. The van der Waals surface area contributed by atoms with Crippen molar-refractivity contribution in [1.29, 1.82) is 0 Å².